The third kappa shape index (κ3) is 3.42. The molecule has 0 spiro atoms. The molecule has 1 saturated heterocycles. The van der Waals surface area contributed by atoms with Gasteiger partial charge >= 0.3 is 0 Å². The molecule has 0 aromatic carbocycles. The molecule has 128 valence electrons. The van der Waals surface area contributed by atoms with Crippen LogP contribution in [0.25, 0.3) is 0 Å². The zero-order valence-electron chi connectivity index (χ0n) is 13.3. The Morgan fingerprint density at radius 2 is 2.00 bits per heavy atom. The van der Waals surface area contributed by atoms with Crippen molar-refractivity contribution in [3.05, 3.63) is 23.7 Å². The molecule has 3 aliphatic rings. The molecule has 1 amide bonds. The number of β-amino-alcohol motifs (C(OH)–C–C–N with tert-alkyl or cyclic N) is 1. The van der Waals surface area contributed by atoms with E-state index in [2.05, 4.69) is 23.6 Å². The fourth-order valence-electron chi connectivity index (χ4n) is 3.58. The van der Waals surface area contributed by atoms with Crippen LogP contribution >= 0.6 is 12.4 Å². The molecule has 2 aliphatic carbocycles. The van der Waals surface area contributed by atoms with E-state index in [1.807, 2.05) is 6.07 Å². The minimum atomic E-state index is -0.344. The van der Waals surface area contributed by atoms with Crippen molar-refractivity contribution in [3.8, 4) is 0 Å². The van der Waals surface area contributed by atoms with Gasteiger partial charge < -0.3 is 20.2 Å². The van der Waals surface area contributed by atoms with Gasteiger partial charge in [0.15, 0.2) is 0 Å². The number of aliphatic hydroxyl groups is 1. The van der Waals surface area contributed by atoms with Crippen molar-refractivity contribution in [2.45, 2.75) is 37.7 Å². The number of furan rings is 1. The summed E-state index contributed by atoms with van der Waals surface area (Å²) < 4.78 is 5.95. The highest BCUT2D eigenvalue weighted by molar-refractivity contribution is 5.85. The van der Waals surface area contributed by atoms with Crippen LogP contribution in [-0.4, -0.2) is 36.8 Å². The first kappa shape index (κ1) is 16.8. The lowest BCUT2D eigenvalue weighted by atomic mass is 10.1. The number of rotatable bonds is 5. The van der Waals surface area contributed by atoms with Crippen LogP contribution in [0, 0.1) is 17.8 Å². The molecular formula is C17H25ClN2O3. The van der Waals surface area contributed by atoms with Crippen LogP contribution in [0.4, 0.5) is 0 Å². The summed E-state index contributed by atoms with van der Waals surface area (Å²) >= 11 is 0. The van der Waals surface area contributed by atoms with Crippen LogP contribution in [0.1, 0.15) is 43.1 Å². The van der Waals surface area contributed by atoms with E-state index in [9.17, 15) is 9.90 Å². The molecular weight excluding hydrogens is 316 g/mol. The van der Waals surface area contributed by atoms with Gasteiger partial charge in [-0.1, -0.05) is 6.92 Å². The van der Waals surface area contributed by atoms with Gasteiger partial charge in [-0.05, 0) is 30.9 Å². The van der Waals surface area contributed by atoms with Gasteiger partial charge in [0.2, 0.25) is 5.91 Å². The van der Waals surface area contributed by atoms with Gasteiger partial charge in [-0.2, -0.15) is 0 Å². The van der Waals surface area contributed by atoms with E-state index < -0.39 is 0 Å². The van der Waals surface area contributed by atoms with Gasteiger partial charge in [0, 0.05) is 43.3 Å². The summed E-state index contributed by atoms with van der Waals surface area (Å²) in [5, 5.41) is 15.9. The van der Waals surface area contributed by atoms with Gasteiger partial charge in [-0.15, -0.1) is 12.4 Å². The average Bonchev–Trinajstić information content (AvgIpc) is 3.35. The van der Waals surface area contributed by atoms with E-state index in [-0.39, 0.29) is 42.2 Å². The number of aliphatic hydroxyl groups excluding tert-OH is 1. The summed E-state index contributed by atoms with van der Waals surface area (Å²) in [5.41, 5.74) is 0. The third-order valence-electron chi connectivity index (χ3n) is 5.46. The van der Waals surface area contributed by atoms with Crippen molar-refractivity contribution >= 4 is 18.3 Å². The zero-order valence-corrected chi connectivity index (χ0v) is 14.1. The Kier molecular flexibility index (Phi) is 4.72. The number of carbonyl (C=O) groups is 1. The van der Waals surface area contributed by atoms with Crippen molar-refractivity contribution in [3.63, 3.8) is 0 Å². The van der Waals surface area contributed by atoms with E-state index in [1.54, 1.807) is 0 Å². The molecule has 4 rings (SSSR count). The Morgan fingerprint density at radius 3 is 2.61 bits per heavy atom. The first-order chi connectivity index (χ1) is 10.6. The lowest BCUT2D eigenvalue weighted by Gasteiger charge is -2.13. The molecule has 5 nitrogen and oxygen atoms in total. The second kappa shape index (κ2) is 6.46. The highest BCUT2D eigenvalue weighted by Gasteiger charge is 2.47. The van der Waals surface area contributed by atoms with Crippen LogP contribution in [-0.2, 0) is 4.79 Å². The molecule has 23 heavy (non-hydrogen) atoms. The molecule has 6 unspecified atom stereocenters. The smallest absolute Gasteiger partial charge is 0.223 e. The third-order valence-corrected chi connectivity index (χ3v) is 5.46. The van der Waals surface area contributed by atoms with E-state index in [4.69, 9.17) is 4.42 Å². The Bertz CT molecular complexity index is 576. The molecule has 6 atom stereocenters. The molecule has 1 aromatic heterocycles. The molecule has 0 bridgehead atoms. The fourth-order valence-corrected chi connectivity index (χ4v) is 3.58. The van der Waals surface area contributed by atoms with E-state index >= 15 is 0 Å². The maximum absolute atomic E-state index is 12.2. The first-order valence-electron chi connectivity index (χ1n) is 8.39. The topological polar surface area (TPSA) is 74.5 Å². The summed E-state index contributed by atoms with van der Waals surface area (Å²) in [4.78, 5) is 12.2. The first-order valence-corrected chi connectivity index (χ1v) is 8.39. The summed E-state index contributed by atoms with van der Waals surface area (Å²) in [6.45, 7) is 4.20. The second-order valence-electron chi connectivity index (χ2n) is 7.24. The average molecular weight is 341 g/mol. The van der Waals surface area contributed by atoms with Crippen molar-refractivity contribution in [2.75, 3.05) is 19.6 Å². The van der Waals surface area contributed by atoms with Crippen molar-refractivity contribution in [1.29, 1.82) is 0 Å². The maximum atomic E-state index is 12.2. The Balaban J connectivity index is 0.00000156. The van der Waals surface area contributed by atoms with Crippen LogP contribution in [0.3, 0.4) is 0 Å². The second-order valence-corrected chi connectivity index (χ2v) is 7.24. The SMILES string of the molecule is CC1CC1c1ccc(C2CC2C(=O)NCC2CNCC2O)o1.Cl. The number of hydrogen-bond acceptors (Lipinski definition) is 4. The summed E-state index contributed by atoms with van der Waals surface area (Å²) in [7, 11) is 0. The van der Waals surface area contributed by atoms with E-state index in [1.165, 1.54) is 6.42 Å². The predicted octanol–water partition coefficient (Wildman–Crippen LogP) is 1.62. The molecule has 0 radical (unpaired) electrons. The van der Waals surface area contributed by atoms with Gasteiger partial charge in [0.1, 0.15) is 11.5 Å². The lowest BCUT2D eigenvalue weighted by molar-refractivity contribution is -0.122. The lowest BCUT2D eigenvalue weighted by Crippen LogP contribution is -2.35. The van der Waals surface area contributed by atoms with E-state index in [0.717, 1.165) is 30.4 Å². The van der Waals surface area contributed by atoms with Crippen LogP contribution < -0.4 is 10.6 Å². The van der Waals surface area contributed by atoms with Crippen LogP contribution in [0.15, 0.2) is 16.5 Å². The molecule has 3 fully saturated rings. The van der Waals surface area contributed by atoms with Crippen LogP contribution in [0.5, 0.6) is 0 Å². The molecule has 2 saturated carbocycles. The summed E-state index contributed by atoms with van der Waals surface area (Å²) in [5.74, 6) is 3.91. The minimum absolute atomic E-state index is 0. The van der Waals surface area contributed by atoms with Crippen LogP contribution in [0.2, 0.25) is 0 Å². The van der Waals surface area contributed by atoms with Gasteiger partial charge in [-0.25, -0.2) is 0 Å². The highest BCUT2D eigenvalue weighted by Crippen LogP contribution is 2.52. The number of carbonyl (C=O) groups excluding carboxylic acids is 1. The molecule has 2 heterocycles. The van der Waals surface area contributed by atoms with E-state index in [0.29, 0.717) is 19.0 Å². The number of amides is 1. The standard InChI is InChI=1S/C17H24N2O3.ClH/c1-9-4-11(9)15-2-3-16(22-15)12-5-13(12)17(21)19-7-10-6-18-8-14(10)20;/h2-3,9-14,18,20H,4-8H2,1H3,(H,19,21);1H. The highest BCUT2D eigenvalue weighted by atomic mass is 35.5. The van der Waals surface area contributed by atoms with Gasteiger partial charge in [-0.3, -0.25) is 4.79 Å². The summed E-state index contributed by atoms with van der Waals surface area (Å²) in [6, 6.07) is 4.13. The Hall–Kier alpha value is -1.04. The zero-order chi connectivity index (χ0) is 15.3. The molecule has 3 N–H and O–H groups in total. The molecule has 1 aromatic rings. The molecule has 1 aliphatic heterocycles. The van der Waals surface area contributed by atoms with Gasteiger partial charge in [0.25, 0.3) is 0 Å². The predicted molar refractivity (Wildman–Crippen MR) is 88.7 cm³/mol. The van der Waals surface area contributed by atoms with Crippen molar-refractivity contribution in [2.24, 2.45) is 17.8 Å². The normalized spacial score (nSPS) is 38.0. The number of hydrogen-bond donors (Lipinski definition) is 3. The Morgan fingerprint density at radius 1 is 1.30 bits per heavy atom. The molecule has 6 heteroatoms. The quantitative estimate of drug-likeness (QED) is 0.761. The monoisotopic (exact) mass is 340 g/mol. The maximum Gasteiger partial charge on any atom is 0.223 e. The number of nitrogens with one attached hydrogen (secondary N) is 2. The largest absolute Gasteiger partial charge is 0.465 e. The minimum Gasteiger partial charge on any atom is -0.465 e. The fraction of sp³-hybridized carbons (Fsp3) is 0.706. The van der Waals surface area contributed by atoms with Crippen molar-refractivity contribution in [1.82, 2.24) is 10.6 Å². The van der Waals surface area contributed by atoms with Crippen molar-refractivity contribution < 1.29 is 14.3 Å². The van der Waals surface area contributed by atoms with Gasteiger partial charge in [0.05, 0.1) is 6.10 Å². The number of halogens is 1. The summed E-state index contributed by atoms with van der Waals surface area (Å²) in [6.07, 6.45) is 1.76. The Labute approximate surface area is 142 Å².